The Hall–Kier alpha value is -1.73. The summed E-state index contributed by atoms with van der Waals surface area (Å²) in [6.45, 7) is 0. The molecule has 0 aliphatic heterocycles. The summed E-state index contributed by atoms with van der Waals surface area (Å²) >= 11 is 6.84. The fourth-order valence-corrected chi connectivity index (χ4v) is 2.75. The van der Waals surface area contributed by atoms with Crippen molar-refractivity contribution >= 4 is 29.3 Å². The molecule has 3 nitrogen and oxygen atoms in total. The fourth-order valence-electron chi connectivity index (χ4n) is 1.59. The summed E-state index contributed by atoms with van der Waals surface area (Å²) in [7, 11) is 1.24. The van der Waals surface area contributed by atoms with Crippen LogP contribution in [-0.4, -0.2) is 18.1 Å². The lowest BCUT2D eigenvalue weighted by Crippen LogP contribution is -2.06. The summed E-state index contributed by atoms with van der Waals surface area (Å²) in [6, 6.07) is 7.32. The maximum atomic E-state index is 12.6. The van der Waals surface area contributed by atoms with Crippen LogP contribution in [0, 0.1) is 0 Å². The fraction of sp³-hybridized carbons (Fsp3) is 0.143. The molecule has 0 bridgehead atoms. The van der Waals surface area contributed by atoms with Crippen molar-refractivity contribution in [1.29, 1.82) is 0 Å². The van der Waals surface area contributed by atoms with Gasteiger partial charge in [0.25, 0.3) is 0 Å². The van der Waals surface area contributed by atoms with Crippen LogP contribution in [0.15, 0.2) is 46.5 Å². The topological polar surface area (TPSA) is 39.2 Å². The zero-order valence-electron chi connectivity index (χ0n) is 11.1. The van der Waals surface area contributed by atoms with Gasteiger partial charge < -0.3 is 4.74 Å². The molecule has 8 heteroatoms. The summed E-state index contributed by atoms with van der Waals surface area (Å²) in [5, 5.41) is 0.0329. The van der Waals surface area contributed by atoms with Crippen molar-refractivity contribution in [2.24, 2.45) is 0 Å². The predicted molar refractivity (Wildman–Crippen MR) is 76.2 cm³/mol. The highest BCUT2D eigenvalue weighted by Crippen LogP contribution is 2.37. The van der Waals surface area contributed by atoms with E-state index in [9.17, 15) is 18.0 Å². The second-order valence-corrected chi connectivity index (χ2v) is 5.54. The van der Waals surface area contributed by atoms with Crippen LogP contribution in [-0.2, 0) is 10.9 Å². The maximum Gasteiger partial charge on any atom is 0.417 e. The lowest BCUT2D eigenvalue weighted by molar-refractivity contribution is -0.137. The number of nitrogens with zero attached hydrogens (tertiary/aromatic N) is 1. The van der Waals surface area contributed by atoms with Crippen molar-refractivity contribution in [3.8, 4) is 0 Å². The van der Waals surface area contributed by atoms with Crippen LogP contribution in [0.2, 0.25) is 5.02 Å². The third-order valence-corrected chi connectivity index (χ3v) is 4.13. The molecule has 0 unspecified atom stereocenters. The number of benzene rings is 1. The minimum Gasteiger partial charge on any atom is -0.465 e. The van der Waals surface area contributed by atoms with Gasteiger partial charge in [0.15, 0.2) is 0 Å². The molecule has 0 saturated heterocycles. The monoisotopic (exact) mass is 347 g/mol. The molecule has 1 aromatic carbocycles. The van der Waals surface area contributed by atoms with Crippen LogP contribution in [0.4, 0.5) is 13.2 Å². The Morgan fingerprint density at radius 3 is 2.59 bits per heavy atom. The molecule has 0 aliphatic rings. The van der Waals surface area contributed by atoms with E-state index in [4.69, 9.17) is 11.6 Å². The highest BCUT2D eigenvalue weighted by atomic mass is 35.5. The number of hydrogen-bond donors (Lipinski definition) is 0. The first kappa shape index (κ1) is 16.6. The SMILES string of the molecule is COC(=O)c1ccccc1Sc1ncc(C(F)(F)F)cc1Cl. The number of carbonyl (C=O) groups excluding carboxylic acids is 1. The van der Waals surface area contributed by atoms with Gasteiger partial charge in [-0.15, -0.1) is 0 Å². The smallest absolute Gasteiger partial charge is 0.417 e. The lowest BCUT2D eigenvalue weighted by Gasteiger charge is -2.10. The standard InChI is InChI=1S/C14H9ClF3NO2S/c1-21-13(20)9-4-2-3-5-11(9)22-12-10(15)6-8(7-19-12)14(16,17)18/h2-7H,1H3. The first-order valence-electron chi connectivity index (χ1n) is 5.91. The summed E-state index contributed by atoms with van der Waals surface area (Å²) in [4.78, 5) is 15.9. The van der Waals surface area contributed by atoms with E-state index >= 15 is 0 Å². The van der Waals surface area contributed by atoms with Crippen molar-refractivity contribution in [3.63, 3.8) is 0 Å². The van der Waals surface area contributed by atoms with Crippen molar-refractivity contribution in [2.75, 3.05) is 7.11 Å². The van der Waals surface area contributed by atoms with Gasteiger partial charge in [-0.05, 0) is 18.2 Å². The van der Waals surface area contributed by atoms with E-state index < -0.39 is 17.7 Å². The Bertz CT molecular complexity index is 707. The molecule has 2 rings (SSSR count). The van der Waals surface area contributed by atoms with Crippen molar-refractivity contribution in [2.45, 2.75) is 16.1 Å². The zero-order valence-corrected chi connectivity index (χ0v) is 12.7. The zero-order chi connectivity index (χ0) is 16.3. The number of alkyl halides is 3. The van der Waals surface area contributed by atoms with Crippen molar-refractivity contribution in [3.05, 3.63) is 52.7 Å². The molecule has 0 atom stereocenters. The van der Waals surface area contributed by atoms with E-state index in [-0.39, 0.29) is 15.6 Å². The van der Waals surface area contributed by atoms with E-state index in [0.717, 1.165) is 17.8 Å². The summed E-state index contributed by atoms with van der Waals surface area (Å²) in [5.74, 6) is -0.550. The molecular formula is C14H9ClF3NO2S. The van der Waals surface area contributed by atoms with Crippen molar-refractivity contribution in [1.82, 2.24) is 4.98 Å². The maximum absolute atomic E-state index is 12.6. The second-order valence-electron chi connectivity index (χ2n) is 4.10. The number of aromatic nitrogens is 1. The van der Waals surface area contributed by atoms with Gasteiger partial charge in [-0.25, -0.2) is 9.78 Å². The second kappa shape index (κ2) is 6.58. The van der Waals surface area contributed by atoms with E-state index in [0.29, 0.717) is 11.1 Å². The number of ether oxygens (including phenoxy) is 1. The minimum absolute atomic E-state index is 0.139. The average Bonchev–Trinajstić information content (AvgIpc) is 2.48. The molecule has 0 radical (unpaired) electrons. The molecule has 0 saturated carbocycles. The van der Waals surface area contributed by atoms with Crippen molar-refractivity contribution < 1.29 is 22.7 Å². The highest BCUT2D eigenvalue weighted by molar-refractivity contribution is 7.99. The number of halogens is 4. The quantitative estimate of drug-likeness (QED) is 0.755. The molecule has 1 aromatic heterocycles. The summed E-state index contributed by atoms with van der Waals surface area (Å²) in [6.07, 6.45) is -3.81. The third-order valence-electron chi connectivity index (χ3n) is 2.63. The van der Waals surface area contributed by atoms with E-state index in [1.807, 2.05) is 0 Å². The highest BCUT2D eigenvalue weighted by Gasteiger charge is 2.31. The van der Waals surface area contributed by atoms with E-state index in [1.54, 1.807) is 24.3 Å². The van der Waals surface area contributed by atoms with E-state index in [2.05, 4.69) is 9.72 Å². The number of methoxy groups -OCH3 is 1. The molecule has 2 aromatic rings. The van der Waals surface area contributed by atoms with Gasteiger partial charge in [-0.3, -0.25) is 0 Å². The van der Waals surface area contributed by atoms with Gasteiger partial charge in [0, 0.05) is 11.1 Å². The Kier molecular flexibility index (Phi) is 4.97. The van der Waals surface area contributed by atoms with E-state index in [1.165, 1.54) is 7.11 Å². The van der Waals surface area contributed by atoms with Crippen LogP contribution in [0.25, 0.3) is 0 Å². The summed E-state index contributed by atoms with van der Waals surface area (Å²) < 4.78 is 42.4. The van der Waals surface area contributed by atoms with Gasteiger partial charge in [0.1, 0.15) is 5.03 Å². The Morgan fingerprint density at radius 1 is 1.32 bits per heavy atom. The Morgan fingerprint density at radius 2 is 2.00 bits per heavy atom. The lowest BCUT2D eigenvalue weighted by atomic mass is 10.2. The van der Waals surface area contributed by atoms with Gasteiger partial charge in [0.2, 0.25) is 0 Å². The number of carbonyl (C=O) groups is 1. The number of rotatable bonds is 3. The molecular weight excluding hydrogens is 339 g/mol. The van der Waals surface area contributed by atoms with Gasteiger partial charge in [0.05, 0.1) is 23.3 Å². The van der Waals surface area contributed by atoms with Crippen LogP contribution in [0.3, 0.4) is 0 Å². The van der Waals surface area contributed by atoms with Crippen LogP contribution in [0.5, 0.6) is 0 Å². The largest absolute Gasteiger partial charge is 0.465 e. The molecule has 0 spiro atoms. The normalized spacial score (nSPS) is 11.3. The van der Waals surface area contributed by atoms with Gasteiger partial charge >= 0.3 is 12.1 Å². The number of hydrogen-bond acceptors (Lipinski definition) is 4. The minimum atomic E-state index is -4.51. The number of esters is 1. The average molecular weight is 348 g/mol. The molecule has 0 N–H and O–H groups in total. The number of pyridine rings is 1. The molecule has 1 heterocycles. The molecule has 116 valence electrons. The van der Waals surface area contributed by atoms with Crippen LogP contribution >= 0.6 is 23.4 Å². The summed E-state index contributed by atoms with van der Waals surface area (Å²) in [5.41, 5.74) is -0.643. The first-order chi connectivity index (χ1) is 10.3. The van der Waals surface area contributed by atoms with Gasteiger partial charge in [-0.1, -0.05) is 35.5 Å². The molecule has 0 aliphatic carbocycles. The molecule has 22 heavy (non-hydrogen) atoms. The van der Waals surface area contributed by atoms with Crippen LogP contribution in [0.1, 0.15) is 15.9 Å². The first-order valence-corrected chi connectivity index (χ1v) is 7.10. The third kappa shape index (κ3) is 3.72. The van der Waals surface area contributed by atoms with Gasteiger partial charge in [-0.2, -0.15) is 13.2 Å². The Labute approximate surface area is 133 Å². The predicted octanol–water partition coefficient (Wildman–Crippen LogP) is 4.69. The molecule has 0 amide bonds. The van der Waals surface area contributed by atoms with Crippen LogP contribution < -0.4 is 0 Å². The molecule has 0 fully saturated rings. The Balaban J connectivity index is 2.34.